The molecular formula is C16H14ClNO4. The van der Waals surface area contributed by atoms with Crippen molar-refractivity contribution < 1.29 is 19.1 Å². The van der Waals surface area contributed by atoms with E-state index in [2.05, 4.69) is 4.98 Å². The maximum atomic E-state index is 12.2. The number of carbonyl (C=O) groups is 2. The third-order valence-corrected chi connectivity index (χ3v) is 3.19. The Bertz CT molecular complexity index is 685. The topological polar surface area (TPSA) is 65.5 Å². The minimum absolute atomic E-state index is 0.0573. The van der Waals surface area contributed by atoms with E-state index < -0.39 is 12.1 Å². The first-order valence-corrected chi connectivity index (χ1v) is 6.90. The summed E-state index contributed by atoms with van der Waals surface area (Å²) in [6.07, 6.45) is 0.469. The number of methoxy groups -OCH3 is 1. The standard InChI is InChI=1S/C16H14ClNO4/c1-10(15(19)11-3-5-13(21-2)6-4-11)22-16(20)14-9-12(17)7-8-18-14/h3-10H,1-2H3/t10-/m0/s1. The van der Waals surface area contributed by atoms with Crippen LogP contribution in [-0.4, -0.2) is 30.0 Å². The van der Waals surface area contributed by atoms with Crippen LogP contribution in [-0.2, 0) is 4.74 Å². The van der Waals surface area contributed by atoms with Gasteiger partial charge in [-0.1, -0.05) is 11.6 Å². The maximum Gasteiger partial charge on any atom is 0.357 e. The average molecular weight is 320 g/mol. The zero-order valence-corrected chi connectivity index (χ0v) is 12.8. The number of ether oxygens (including phenoxy) is 2. The SMILES string of the molecule is COc1ccc(C(=O)[C@H](C)OC(=O)c2cc(Cl)ccn2)cc1. The molecule has 0 aliphatic carbocycles. The fraction of sp³-hybridized carbons (Fsp3) is 0.188. The molecule has 0 radical (unpaired) electrons. The number of ketones is 1. The lowest BCUT2D eigenvalue weighted by Gasteiger charge is -2.12. The van der Waals surface area contributed by atoms with Crippen LogP contribution in [0.3, 0.4) is 0 Å². The first-order chi connectivity index (χ1) is 10.5. The normalized spacial score (nSPS) is 11.6. The highest BCUT2D eigenvalue weighted by Crippen LogP contribution is 2.15. The van der Waals surface area contributed by atoms with Crippen molar-refractivity contribution in [2.75, 3.05) is 7.11 Å². The molecule has 1 heterocycles. The highest BCUT2D eigenvalue weighted by Gasteiger charge is 2.21. The van der Waals surface area contributed by atoms with Gasteiger partial charge in [0.05, 0.1) is 7.11 Å². The molecule has 0 saturated heterocycles. The smallest absolute Gasteiger partial charge is 0.357 e. The van der Waals surface area contributed by atoms with Crippen molar-refractivity contribution in [1.82, 2.24) is 4.98 Å². The number of rotatable bonds is 5. The van der Waals surface area contributed by atoms with Gasteiger partial charge in [0, 0.05) is 16.8 Å². The molecule has 0 N–H and O–H groups in total. The minimum Gasteiger partial charge on any atom is -0.497 e. The number of esters is 1. The van der Waals surface area contributed by atoms with Crippen molar-refractivity contribution in [3.63, 3.8) is 0 Å². The van der Waals surface area contributed by atoms with Gasteiger partial charge in [0.25, 0.3) is 0 Å². The van der Waals surface area contributed by atoms with Crippen LogP contribution in [0.4, 0.5) is 0 Å². The van der Waals surface area contributed by atoms with Crippen LogP contribution in [0.25, 0.3) is 0 Å². The van der Waals surface area contributed by atoms with Gasteiger partial charge in [-0.2, -0.15) is 0 Å². The van der Waals surface area contributed by atoms with Gasteiger partial charge in [-0.25, -0.2) is 9.78 Å². The molecule has 1 atom stereocenters. The molecule has 0 saturated carbocycles. The molecule has 0 amide bonds. The van der Waals surface area contributed by atoms with Crippen LogP contribution < -0.4 is 4.74 Å². The van der Waals surface area contributed by atoms with E-state index in [0.717, 1.165) is 0 Å². The van der Waals surface area contributed by atoms with Crippen molar-refractivity contribution in [3.05, 3.63) is 58.9 Å². The molecule has 6 heteroatoms. The molecule has 1 aromatic carbocycles. The fourth-order valence-electron chi connectivity index (χ4n) is 1.78. The van der Waals surface area contributed by atoms with Crippen LogP contribution in [0.2, 0.25) is 5.02 Å². The molecule has 0 unspecified atom stereocenters. The van der Waals surface area contributed by atoms with Crippen LogP contribution in [0, 0.1) is 0 Å². The van der Waals surface area contributed by atoms with Gasteiger partial charge >= 0.3 is 5.97 Å². The molecule has 0 aliphatic rings. The minimum atomic E-state index is -0.929. The van der Waals surface area contributed by atoms with E-state index >= 15 is 0 Å². The highest BCUT2D eigenvalue weighted by atomic mass is 35.5. The summed E-state index contributed by atoms with van der Waals surface area (Å²) in [5.41, 5.74) is 0.488. The summed E-state index contributed by atoms with van der Waals surface area (Å²) in [7, 11) is 1.54. The van der Waals surface area contributed by atoms with E-state index in [0.29, 0.717) is 16.3 Å². The zero-order chi connectivity index (χ0) is 16.1. The second-order valence-corrected chi connectivity index (χ2v) is 4.94. The Morgan fingerprint density at radius 3 is 2.45 bits per heavy atom. The van der Waals surface area contributed by atoms with E-state index in [1.807, 2.05) is 0 Å². The van der Waals surface area contributed by atoms with Gasteiger partial charge in [0.1, 0.15) is 11.4 Å². The van der Waals surface area contributed by atoms with Crippen LogP contribution >= 0.6 is 11.6 Å². The summed E-state index contributed by atoms with van der Waals surface area (Å²) < 4.78 is 10.1. The van der Waals surface area contributed by atoms with Crippen LogP contribution in [0.15, 0.2) is 42.6 Å². The van der Waals surface area contributed by atoms with Crippen LogP contribution in [0.5, 0.6) is 5.75 Å². The summed E-state index contributed by atoms with van der Waals surface area (Å²) in [6, 6.07) is 9.49. The summed E-state index contributed by atoms with van der Waals surface area (Å²) in [5, 5.41) is 0.371. The third-order valence-electron chi connectivity index (χ3n) is 2.96. The van der Waals surface area contributed by atoms with Gasteiger partial charge in [-0.05, 0) is 43.3 Å². The molecule has 2 aromatic rings. The first-order valence-electron chi connectivity index (χ1n) is 6.52. The van der Waals surface area contributed by atoms with Crippen molar-refractivity contribution in [2.24, 2.45) is 0 Å². The number of Topliss-reactive ketones (excluding diaryl/α,β-unsaturated/α-hetero) is 1. The second-order valence-electron chi connectivity index (χ2n) is 4.50. The lowest BCUT2D eigenvalue weighted by atomic mass is 10.1. The molecule has 22 heavy (non-hydrogen) atoms. The van der Waals surface area contributed by atoms with Gasteiger partial charge in [-0.3, -0.25) is 4.79 Å². The Balaban J connectivity index is 2.05. The summed E-state index contributed by atoms with van der Waals surface area (Å²) in [6.45, 7) is 1.51. The highest BCUT2D eigenvalue weighted by molar-refractivity contribution is 6.30. The Labute approximate surface area is 132 Å². The van der Waals surface area contributed by atoms with Crippen LogP contribution in [0.1, 0.15) is 27.8 Å². The summed E-state index contributed by atoms with van der Waals surface area (Å²) >= 11 is 5.79. The lowest BCUT2D eigenvalue weighted by Crippen LogP contribution is -2.24. The number of nitrogens with zero attached hydrogens (tertiary/aromatic N) is 1. The first kappa shape index (κ1) is 16.0. The number of aromatic nitrogens is 1. The maximum absolute atomic E-state index is 12.2. The van der Waals surface area contributed by atoms with E-state index in [-0.39, 0.29) is 11.5 Å². The van der Waals surface area contributed by atoms with Crippen molar-refractivity contribution in [1.29, 1.82) is 0 Å². The van der Waals surface area contributed by atoms with Gasteiger partial charge < -0.3 is 9.47 Å². The molecule has 0 spiro atoms. The quantitative estimate of drug-likeness (QED) is 0.625. The fourth-order valence-corrected chi connectivity index (χ4v) is 1.94. The van der Waals surface area contributed by atoms with Crippen molar-refractivity contribution in [3.8, 4) is 5.75 Å². The molecule has 5 nitrogen and oxygen atoms in total. The average Bonchev–Trinajstić information content (AvgIpc) is 2.54. The van der Waals surface area contributed by atoms with Gasteiger partial charge in [0.15, 0.2) is 6.10 Å². The number of benzene rings is 1. The lowest BCUT2D eigenvalue weighted by molar-refractivity contribution is 0.0313. The van der Waals surface area contributed by atoms with E-state index in [4.69, 9.17) is 21.1 Å². The second kappa shape index (κ2) is 7.04. The molecule has 0 aliphatic heterocycles. The predicted octanol–water partition coefficient (Wildman–Crippen LogP) is 3.17. The van der Waals surface area contributed by atoms with E-state index in [1.54, 1.807) is 37.4 Å². The summed E-state index contributed by atoms with van der Waals surface area (Å²) in [5.74, 6) is -0.362. The third kappa shape index (κ3) is 3.83. The number of hydrogen-bond donors (Lipinski definition) is 0. The number of carbonyl (C=O) groups excluding carboxylic acids is 2. The number of halogens is 1. The molecule has 2 rings (SSSR count). The number of pyridine rings is 1. The van der Waals surface area contributed by atoms with Crippen molar-refractivity contribution >= 4 is 23.4 Å². The molecule has 0 fully saturated rings. The molecule has 114 valence electrons. The van der Waals surface area contributed by atoms with Crippen molar-refractivity contribution in [2.45, 2.75) is 13.0 Å². The molecule has 0 bridgehead atoms. The largest absolute Gasteiger partial charge is 0.497 e. The number of hydrogen-bond acceptors (Lipinski definition) is 5. The molecule has 1 aromatic heterocycles. The van der Waals surface area contributed by atoms with E-state index in [9.17, 15) is 9.59 Å². The zero-order valence-electron chi connectivity index (χ0n) is 12.1. The predicted molar refractivity (Wildman–Crippen MR) is 81.4 cm³/mol. The Morgan fingerprint density at radius 1 is 1.18 bits per heavy atom. The molecular weight excluding hydrogens is 306 g/mol. The Morgan fingerprint density at radius 2 is 1.86 bits per heavy atom. The van der Waals surface area contributed by atoms with E-state index in [1.165, 1.54) is 19.2 Å². The summed E-state index contributed by atoms with van der Waals surface area (Å²) in [4.78, 5) is 28.0. The Hall–Kier alpha value is -2.40. The Kier molecular flexibility index (Phi) is 5.12. The van der Waals surface area contributed by atoms with Gasteiger partial charge in [-0.15, -0.1) is 0 Å². The monoisotopic (exact) mass is 319 g/mol. The van der Waals surface area contributed by atoms with Gasteiger partial charge in [0.2, 0.25) is 5.78 Å².